The molecule has 0 spiro atoms. The van der Waals surface area contributed by atoms with Gasteiger partial charge < -0.3 is 14.2 Å². The lowest BCUT2D eigenvalue weighted by atomic mass is 9.73. The van der Waals surface area contributed by atoms with Crippen molar-refractivity contribution >= 4 is 0 Å². The molecule has 2 rings (SSSR count). The molecule has 1 saturated heterocycles. The molecule has 0 saturated carbocycles. The minimum Gasteiger partial charge on any atom is -0.463 e. The van der Waals surface area contributed by atoms with E-state index in [0.29, 0.717) is 6.10 Å². The molecule has 0 aliphatic carbocycles. The average Bonchev–Trinajstić information content (AvgIpc) is 2.37. The van der Waals surface area contributed by atoms with Crippen LogP contribution in [0, 0.1) is 5.41 Å². The smallest absolute Gasteiger partial charge is 0.204 e. The summed E-state index contributed by atoms with van der Waals surface area (Å²) in [5.41, 5.74) is 1.39. The zero-order chi connectivity index (χ0) is 14.3. The second-order valence-corrected chi connectivity index (χ2v) is 6.25. The number of hydrogen-bond acceptors (Lipinski definition) is 3. The molecule has 3 nitrogen and oxygen atoms in total. The normalized spacial score (nSPS) is 25.8. The third-order valence-electron chi connectivity index (χ3n) is 4.10. The van der Waals surface area contributed by atoms with E-state index >= 15 is 0 Å². The second-order valence-electron chi connectivity index (χ2n) is 6.25. The van der Waals surface area contributed by atoms with Gasteiger partial charge in [0.1, 0.15) is 5.75 Å². The van der Waals surface area contributed by atoms with Gasteiger partial charge in [0.25, 0.3) is 0 Å². The van der Waals surface area contributed by atoms with Gasteiger partial charge in [-0.15, -0.1) is 0 Å². The Kier molecular flexibility index (Phi) is 3.63. The van der Waals surface area contributed by atoms with Crippen LogP contribution in [0.3, 0.4) is 0 Å². The molecule has 1 fully saturated rings. The summed E-state index contributed by atoms with van der Waals surface area (Å²) in [5, 5.41) is 0. The van der Waals surface area contributed by atoms with Crippen molar-refractivity contribution in [2.24, 2.45) is 5.41 Å². The highest BCUT2D eigenvalue weighted by molar-refractivity contribution is 5.31. The Balaban J connectivity index is 2.08. The molecule has 1 aromatic rings. The molecule has 1 aromatic carbocycles. The van der Waals surface area contributed by atoms with Gasteiger partial charge in [0.15, 0.2) is 0 Å². The molecule has 0 N–H and O–H groups in total. The van der Waals surface area contributed by atoms with Crippen molar-refractivity contribution in [2.45, 2.75) is 52.6 Å². The molecule has 2 atom stereocenters. The van der Waals surface area contributed by atoms with Crippen molar-refractivity contribution in [1.82, 2.24) is 0 Å². The topological polar surface area (TPSA) is 27.7 Å². The standard InChI is InChI=1S/C16H24O3/c1-11-15(2,3)14(18-11)12-7-9-13(10-8-12)19-16(4,5)17-6/h7-11,14H,1-6H3. The van der Waals surface area contributed by atoms with E-state index < -0.39 is 5.79 Å². The van der Waals surface area contributed by atoms with Crippen LogP contribution < -0.4 is 4.74 Å². The summed E-state index contributed by atoms with van der Waals surface area (Å²) >= 11 is 0. The lowest BCUT2D eigenvalue weighted by molar-refractivity contribution is -0.230. The molecule has 106 valence electrons. The molecular formula is C16H24O3. The molecule has 1 aliphatic heterocycles. The van der Waals surface area contributed by atoms with Crippen LogP contribution in [0.2, 0.25) is 0 Å². The lowest BCUT2D eigenvalue weighted by Crippen LogP contribution is -2.48. The van der Waals surface area contributed by atoms with Gasteiger partial charge in [0.05, 0.1) is 12.2 Å². The van der Waals surface area contributed by atoms with Crippen molar-refractivity contribution < 1.29 is 14.2 Å². The van der Waals surface area contributed by atoms with Crippen molar-refractivity contribution in [2.75, 3.05) is 7.11 Å². The third kappa shape index (κ3) is 2.77. The van der Waals surface area contributed by atoms with Gasteiger partial charge in [-0.25, -0.2) is 0 Å². The van der Waals surface area contributed by atoms with Crippen molar-refractivity contribution in [3.63, 3.8) is 0 Å². The van der Waals surface area contributed by atoms with Crippen LogP contribution in [-0.2, 0) is 9.47 Å². The van der Waals surface area contributed by atoms with Gasteiger partial charge in [0, 0.05) is 26.4 Å². The number of hydrogen-bond donors (Lipinski definition) is 0. The maximum absolute atomic E-state index is 5.84. The molecule has 2 unspecified atom stereocenters. The van der Waals surface area contributed by atoms with Crippen LogP contribution in [0.1, 0.15) is 46.3 Å². The highest BCUT2D eigenvalue weighted by atomic mass is 16.7. The summed E-state index contributed by atoms with van der Waals surface area (Å²) in [7, 11) is 1.64. The quantitative estimate of drug-likeness (QED) is 0.771. The molecule has 19 heavy (non-hydrogen) atoms. The van der Waals surface area contributed by atoms with Crippen LogP contribution in [0.25, 0.3) is 0 Å². The van der Waals surface area contributed by atoms with E-state index in [2.05, 4.69) is 32.9 Å². The Morgan fingerprint density at radius 2 is 1.74 bits per heavy atom. The Labute approximate surface area is 115 Å². The Bertz CT molecular complexity index is 434. The first kappa shape index (κ1) is 14.4. The van der Waals surface area contributed by atoms with Crippen LogP contribution in [0.15, 0.2) is 24.3 Å². The van der Waals surface area contributed by atoms with E-state index in [-0.39, 0.29) is 11.5 Å². The average molecular weight is 264 g/mol. The number of ether oxygens (including phenoxy) is 3. The first-order valence-electron chi connectivity index (χ1n) is 6.76. The predicted molar refractivity (Wildman–Crippen MR) is 75.2 cm³/mol. The molecule has 1 heterocycles. The van der Waals surface area contributed by atoms with Crippen LogP contribution in [0.5, 0.6) is 5.75 Å². The Morgan fingerprint density at radius 1 is 1.16 bits per heavy atom. The lowest BCUT2D eigenvalue weighted by Gasteiger charge is -2.50. The first-order valence-corrected chi connectivity index (χ1v) is 6.76. The fraction of sp³-hybridized carbons (Fsp3) is 0.625. The Hall–Kier alpha value is -1.06. The fourth-order valence-electron chi connectivity index (χ4n) is 2.24. The molecule has 3 heteroatoms. The van der Waals surface area contributed by atoms with E-state index in [1.807, 2.05) is 26.0 Å². The van der Waals surface area contributed by atoms with E-state index in [1.165, 1.54) is 5.56 Å². The zero-order valence-corrected chi connectivity index (χ0v) is 12.7. The minimum absolute atomic E-state index is 0.173. The van der Waals surface area contributed by atoms with Crippen molar-refractivity contribution in [1.29, 1.82) is 0 Å². The molecule has 1 aliphatic rings. The van der Waals surface area contributed by atoms with Crippen molar-refractivity contribution in [3.05, 3.63) is 29.8 Å². The van der Waals surface area contributed by atoms with Crippen LogP contribution in [-0.4, -0.2) is 19.0 Å². The maximum atomic E-state index is 5.84. The SMILES string of the molecule is COC(C)(C)Oc1ccc(C2OC(C)C2(C)C)cc1. The summed E-state index contributed by atoms with van der Waals surface area (Å²) in [5.74, 6) is 0.197. The zero-order valence-electron chi connectivity index (χ0n) is 12.7. The molecular weight excluding hydrogens is 240 g/mol. The van der Waals surface area contributed by atoms with Gasteiger partial charge in [-0.2, -0.15) is 0 Å². The fourth-order valence-corrected chi connectivity index (χ4v) is 2.24. The summed E-state index contributed by atoms with van der Waals surface area (Å²) in [6.45, 7) is 10.4. The third-order valence-corrected chi connectivity index (χ3v) is 4.10. The number of rotatable bonds is 4. The van der Waals surface area contributed by atoms with Gasteiger partial charge in [0.2, 0.25) is 5.79 Å². The predicted octanol–water partition coefficient (Wildman–Crippen LogP) is 3.93. The molecule has 0 amide bonds. The van der Waals surface area contributed by atoms with E-state index in [0.717, 1.165) is 5.75 Å². The summed E-state index contributed by atoms with van der Waals surface area (Å²) in [4.78, 5) is 0. The summed E-state index contributed by atoms with van der Waals surface area (Å²) in [6, 6.07) is 8.08. The summed E-state index contributed by atoms with van der Waals surface area (Å²) < 4.78 is 16.8. The monoisotopic (exact) mass is 264 g/mol. The molecule has 0 bridgehead atoms. The minimum atomic E-state index is -0.609. The van der Waals surface area contributed by atoms with E-state index in [9.17, 15) is 0 Å². The number of methoxy groups -OCH3 is 1. The largest absolute Gasteiger partial charge is 0.463 e. The second kappa shape index (κ2) is 4.80. The van der Waals surface area contributed by atoms with E-state index in [1.54, 1.807) is 7.11 Å². The number of benzene rings is 1. The highest BCUT2D eigenvalue weighted by Gasteiger charge is 2.47. The maximum Gasteiger partial charge on any atom is 0.204 e. The van der Waals surface area contributed by atoms with Crippen LogP contribution in [0.4, 0.5) is 0 Å². The van der Waals surface area contributed by atoms with Gasteiger partial charge in [-0.05, 0) is 24.6 Å². The van der Waals surface area contributed by atoms with Crippen molar-refractivity contribution in [3.8, 4) is 5.75 Å². The van der Waals surface area contributed by atoms with Gasteiger partial charge >= 0.3 is 0 Å². The van der Waals surface area contributed by atoms with Gasteiger partial charge in [-0.1, -0.05) is 26.0 Å². The molecule has 0 radical (unpaired) electrons. The van der Waals surface area contributed by atoms with Gasteiger partial charge in [-0.3, -0.25) is 0 Å². The Morgan fingerprint density at radius 3 is 2.16 bits per heavy atom. The highest BCUT2D eigenvalue weighted by Crippen LogP contribution is 2.50. The first-order chi connectivity index (χ1) is 8.76. The summed E-state index contributed by atoms with van der Waals surface area (Å²) in [6.07, 6.45) is 0.479. The van der Waals surface area contributed by atoms with Crippen LogP contribution >= 0.6 is 0 Å². The molecule has 0 aromatic heterocycles. The van der Waals surface area contributed by atoms with E-state index in [4.69, 9.17) is 14.2 Å².